The van der Waals surface area contributed by atoms with Crippen LogP contribution in [-0.4, -0.2) is 30.2 Å². The third-order valence-electron chi connectivity index (χ3n) is 1.86. The first-order chi connectivity index (χ1) is 8.04. The lowest BCUT2D eigenvalue weighted by molar-refractivity contribution is -0.119. The Kier molecular flexibility index (Phi) is 5.76. The van der Waals surface area contributed by atoms with Crippen molar-refractivity contribution in [1.82, 2.24) is 5.32 Å². The molecule has 0 aromatic rings. The predicted molar refractivity (Wildman–Crippen MR) is 65.3 cm³/mol. The lowest BCUT2D eigenvalue weighted by atomic mass is 10.1. The van der Waals surface area contributed by atoms with Gasteiger partial charge in [0, 0.05) is 6.54 Å². The molecule has 6 heteroatoms. The van der Waals surface area contributed by atoms with Crippen LogP contribution >= 0.6 is 0 Å². The number of rotatable bonds is 6. The number of hydrogen-bond acceptors (Lipinski definition) is 4. The maximum Gasteiger partial charge on any atom is 0.407 e. The molecule has 5 N–H and O–H groups in total. The van der Waals surface area contributed by atoms with Crippen molar-refractivity contribution in [1.29, 1.82) is 0 Å². The molecule has 0 bridgehead atoms. The quantitative estimate of drug-likeness (QED) is 0.593. The Morgan fingerprint density at radius 3 is 2.47 bits per heavy atom. The van der Waals surface area contributed by atoms with Gasteiger partial charge in [0.1, 0.15) is 5.60 Å². The zero-order chi connectivity index (χ0) is 14.4. The molecule has 100 valence electrons. The number of hydrogen-bond donors (Lipinski definition) is 3. The first kappa shape index (κ1) is 13.8. The fourth-order valence-corrected chi connectivity index (χ4v) is 1.07. The molecule has 1 atom stereocenters. The van der Waals surface area contributed by atoms with Crippen LogP contribution in [0.25, 0.3) is 0 Å². The minimum Gasteiger partial charge on any atom is -0.444 e. The van der Waals surface area contributed by atoms with Crippen molar-refractivity contribution in [3.63, 3.8) is 0 Å². The zero-order valence-electron chi connectivity index (χ0n) is 11.7. The summed E-state index contributed by atoms with van der Waals surface area (Å²) in [6.45, 7) is 5.75. The molecule has 0 aliphatic rings. The van der Waals surface area contributed by atoms with E-state index in [-0.39, 0.29) is 6.42 Å². The molecule has 0 heterocycles. The van der Waals surface area contributed by atoms with Crippen LogP contribution in [-0.2, 0) is 9.53 Å². The smallest absolute Gasteiger partial charge is 0.407 e. The van der Waals surface area contributed by atoms with E-state index in [2.05, 4.69) is 5.32 Å². The molecule has 0 aromatic heterocycles. The second-order valence-corrected chi connectivity index (χ2v) is 4.78. The number of primary amides is 1. The van der Waals surface area contributed by atoms with E-state index >= 15 is 0 Å². The largest absolute Gasteiger partial charge is 0.444 e. The van der Waals surface area contributed by atoms with Crippen molar-refractivity contribution in [3.8, 4) is 0 Å². The molecule has 0 fully saturated rings. The number of carbonyl (C=O) groups excluding carboxylic acids is 2. The molecular formula is C11H23N3O3. The second-order valence-electron chi connectivity index (χ2n) is 4.78. The first-order valence-corrected chi connectivity index (χ1v) is 5.60. The number of amides is 2. The molecule has 1 unspecified atom stereocenters. The van der Waals surface area contributed by atoms with Crippen molar-refractivity contribution in [3.05, 3.63) is 0 Å². The van der Waals surface area contributed by atoms with Crippen molar-refractivity contribution >= 4 is 12.0 Å². The van der Waals surface area contributed by atoms with Gasteiger partial charge in [-0.05, 0) is 40.0 Å². The fraction of sp³-hybridized carbons (Fsp3) is 0.818. The predicted octanol–water partition coefficient (Wildman–Crippen LogP) is 0.494. The van der Waals surface area contributed by atoms with Gasteiger partial charge in [-0.2, -0.15) is 0 Å². The highest BCUT2D eigenvalue weighted by Gasteiger charge is 2.15. The van der Waals surface area contributed by atoms with Gasteiger partial charge in [0.15, 0.2) is 0 Å². The Hall–Kier alpha value is -1.30. The minimum atomic E-state index is -1.73. The third kappa shape index (κ3) is 9.62. The Bertz CT molecular complexity index is 300. The standard InChI is InChI=1S/C11H23N3O3/c1-11(2,3)17-10(16)14-7-5-4-6-8(12)9(13)15/h8H,4-7,12H2,1-3H3,(H2,13,15)(H,14,16)/i8D. The van der Waals surface area contributed by atoms with Gasteiger partial charge < -0.3 is 21.5 Å². The van der Waals surface area contributed by atoms with Gasteiger partial charge in [0.2, 0.25) is 5.91 Å². The summed E-state index contributed by atoms with van der Waals surface area (Å²) in [5.41, 5.74) is 9.80. The highest BCUT2D eigenvalue weighted by Crippen LogP contribution is 2.06. The van der Waals surface area contributed by atoms with Crippen molar-refractivity contribution in [2.24, 2.45) is 11.5 Å². The summed E-state index contributed by atoms with van der Waals surface area (Å²) >= 11 is 0. The molecule has 6 nitrogen and oxygen atoms in total. The van der Waals surface area contributed by atoms with Gasteiger partial charge in [-0.1, -0.05) is 0 Å². The number of ether oxygens (including phenoxy) is 1. The monoisotopic (exact) mass is 246 g/mol. The Morgan fingerprint density at radius 2 is 2.00 bits per heavy atom. The lowest BCUT2D eigenvalue weighted by Crippen LogP contribution is -2.36. The average molecular weight is 246 g/mol. The molecule has 0 aromatic carbocycles. The Balaban J connectivity index is 3.70. The molecule has 0 aliphatic heterocycles. The molecule has 0 aliphatic carbocycles. The molecule has 0 rings (SSSR count). The highest BCUT2D eigenvalue weighted by atomic mass is 16.6. The fourth-order valence-electron chi connectivity index (χ4n) is 1.07. The van der Waals surface area contributed by atoms with Gasteiger partial charge in [-0.3, -0.25) is 4.79 Å². The molecule has 0 radical (unpaired) electrons. The SMILES string of the molecule is [2H]C(N)(CCCCNC(=O)OC(C)(C)C)C(N)=O. The molecular weight excluding hydrogens is 222 g/mol. The molecule has 0 spiro atoms. The Labute approximate surface area is 103 Å². The second kappa shape index (κ2) is 7.11. The summed E-state index contributed by atoms with van der Waals surface area (Å²) in [6.07, 6.45) is 0.809. The van der Waals surface area contributed by atoms with Gasteiger partial charge in [0.25, 0.3) is 0 Å². The summed E-state index contributed by atoms with van der Waals surface area (Å²) in [4.78, 5) is 22.0. The summed E-state index contributed by atoms with van der Waals surface area (Å²) in [7, 11) is 0. The van der Waals surface area contributed by atoms with Crippen LogP contribution in [0, 0.1) is 0 Å². The van der Waals surface area contributed by atoms with E-state index in [4.69, 9.17) is 17.6 Å². The van der Waals surface area contributed by atoms with E-state index in [0.717, 1.165) is 0 Å². The van der Waals surface area contributed by atoms with Crippen LogP contribution in [0.3, 0.4) is 0 Å². The number of unbranched alkanes of at least 4 members (excludes halogenated alkanes) is 1. The topological polar surface area (TPSA) is 107 Å². The number of carbonyl (C=O) groups is 2. The first-order valence-electron chi connectivity index (χ1n) is 6.10. The normalized spacial score (nSPS) is 15.6. The molecule has 0 saturated heterocycles. The maximum absolute atomic E-state index is 11.3. The highest BCUT2D eigenvalue weighted by molar-refractivity contribution is 5.79. The van der Waals surface area contributed by atoms with E-state index in [1.807, 2.05) is 0 Å². The number of nitrogens with one attached hydrogen (secondary N) is 1. The van der Waals surface area contributed by atoms with Crippen molar-refractivity contribution < 1.29 is 15.7 Å². The summed E-state index contributed by atoms with van der Waals surface area (Å²) in [6, 6.07) is -1.73. The van der Waals surface area contributed by atoms with Crippen molar-refractivity contribution in [2.45, 2.75) is 51.7 Å². The van der Waals surface area contributed by atoms with E-state index < -0.39 is 23.6 Å². The van der Waals surface area contributed by atoms with Crippen LogP contribution in [0.4, 0.5) is 4.79 Å². The molecule has 2 amide bonds. The minimum absolute atomic E-state index is 0.165. The molecule has 0 saturated carbocycles. The van der Waals surface area contributed by atoms with Gasteiger partial charge in [-0.15, -0.1) is 0 Å². The van der Waals surface area contributed by atoms with Crippen LogP contribution in [0.5, 0.6) is 0 Å². The molecule has 17 heavy (non-hydrogen) atoms. The van der Waals surface area contributed by atoms with Crippen LogP contribution < -0.4 is 16.8 Å². The van der Waals surface area contributed by atoms with Crippen LogP contribution in [0.15, 0.2) is 0 Å². The maximum atomic E-state index is 11.3. The van der Waals surface area contributed by atoms with E-state index in [1.165, 1.54) is 0 Å². The van der Waals surface area contributed by atoms with E-state index in [9.17, 15) is 9.59 Å². The van der Waals surface area contributed by atoms with Crippen LogP contribution in [0.2, 0.25) is 0 Å². The van der Waals surface area contributed by atoms with E-state index in [1.54, 1.807) is 20.8 Å². The summed E-state index contributed by atoms with van der Waals surface area (Å²) in [5.74, 6) is -0.845. The van der Waals surface area contributed by atoms with Gasteiger partial charge in [-0.25, -0.2) is 4.79 Å². The number of alkyl carbamates (subject to hydrolysis) is 1. The lowest BCUT2D eigenvalue weighted by Gasteiger charge is -2.19. The summed E-state index contributed by atoms with van der Waals surface area (Å²) < 4.78 is 12.4. The van der Waals surface area contributed by atoms with Gasteiger partial charge in [0.05, 0.1) is 7.39 Å². The average Bonchev–Trinajstić information content (AvgIpc) is 2.13. The van der Waals surface area contributed by atoms with Crippen molar-refractivity contribution in [2.75, 3.05) is 6.54 Å². The van der Waals surface area contributed by atoms with E-state index in [0.29, 0.717) is 19.4 Å². The van der Waals surface area contributed by atoms with Crippen LogP contribution in [0.1, 0.15) is 41.4 Å². The van der Waals surface area contributed by atoms with Gasteiger partial charge >= 0.3 is 6.09 Å². The number of nitrogens with two attached hydrogens (primary N) is 2. The summed E-state index contributed by atoms with van der Waals surface area (Å²) in [5, 5.41) is 2.58. The zero-order valence-corrected chi connectivity index (χ0v) is 10.7. The Morgan fingerprint density at radius 1 is 1.41 bits per heavy atom. The third-order valence-corrected chi connectivity index (χ3v) is 1.86.